The molecule has 2 fully saturated rings. The van der Waals surface area contributed by atoms with Gasteiger partial charge in [0.25, 0.3) is 0 Å². The molecule has 5 aliphatic rings. The van der Waals surface area contributed by atoms with E-state index >= 15 is 0 Å². The third-order valence-corrected chi connectivity index (χ3v) is 9.84. The van der Waals surface area contributed by atoms with Gasteiger partial charge in [0.2, 0.25) is 0 Å². The number of aliphatic hydroxyl groups is 2. The summed E-state index contributed by atoms with van der Waals surface area (Å²) in [5, 5.41) is 22.0. The lowest BCUT2D eigenvalue weighted by molar-refractivity contribution is -0.166. The average molecular weight is 461 g/mol. The van der Waals surface area contributed by atoms with Gasteiger partial charge in [-0.2, -0.15) is 0 Å². The van der Waals surface area contributed by atoms with Crippen LogP contribution >= 0.6 is 0 Å². The molecule has 1 aromatic rings. The minimum atomic E-state index is -0.888. The van der Waals surface area contributed by atoms with Crippen LogP contribution in [0.3, 0.4) is 0 Å². The Kier molecular flexibility index (Phi) is 4.93. The summed E-state index contributed by atoms with van der Waals surface area (Å²) in [5.41, 5.74) is 3.75. The van der Waals surface area contributed by atoms with Gasteiger partial charge in [-0.25, -0.2) is 0 Å². The van der Waals surface area contributed by atoms with Crippen molar-refractivity contribution in [2.24, 2.45) is 17.3 Å². The number of aromatic nitrogens is 1. The van der Waals surface area contributed by atoms with Gasteiger partial charge in [-0.05, 0) is 74.0 Å². The first-order valence-corrected chi connectivity index (χ1v) is 12.7. The number of hydrogen-bond donors (Lipinski definition) is 2. The van der Waals surface area contributed by atoms with Crippen LogP contribution in [-0.4, -0.2) is 63.6 Å². The van der Waals surface area contributed by atoms with Gasteiger partial charge in [0.1, 0.15) is 6.10 Å². The first kappa shape index (κ1) is 22.4. The van der Waals surface area contributed by atoms with E-state index in [0.717, 1.165) is 36.8 Å². The second-order valence-electron chi connectivity index (χ2n) is 11.5. The van der Waals surface area contributed by atoms with Crippen molar-refractivity contribution in [2.75, 3.05) is 14.1 Å². The number of rotatable bonds is 3. The molecule has 34 heavy (non-hydrogen) atoms. The maximum Gasteiger partial charge on any atom is 0.105 e. The van der Waals surface area contributed by atoms with Crippen molar-refractivity contribution < 1.29 is 14.9 Å². The fourth-order valence-electron chi connectivity index (χ4n) is 7.78. The van der Waals surface area contributed by atoms with Crippen molar-refractivity contribution in [3.8, 4) is 0 Å². The Morgan fingerprint density at radius 2 is 2.03 bits per heavy atom. The maximum absolute atomic E-state index is 11.1. The van der Waals surface area contributed by atoms with Crippen molar-refractivity contribution in [3.63, 3.8) is 0 Å². The minimum Gasteiger partial charge on any atom is -0.388 e. The maximum atomic E-state index is 11.1. The van der Waals surface area contributed by atoms with Gasteiger partial charge in [0, 0.05) is 29.8 Å². The van der Waals surface area contributed by atoms with Crippen molar-refractivity contribution >= 4 is 6.08 Å². The van der Waals surface area contributed by atoms with Crippen LogP contribution in [0.5, 0.6) is 0 Å². The highest BCUT2D eigenvalue weighted by molar-refractivity contribution is 5.57. The van der Waals surface area contributed by atoms with E-state index in [2.05, 4.69) is 55.3 Å². The summed E-state index contributed by atoms with van der Waals surface area (Å²) in [4.78, 5) is 6.28. The van der Waals surface area contributed by atoms with Gasteiger partial charge in [0.05, 0.1) is 17.3 Å². The molecule has 5 nitrogen and oxygen atoms in total. The Labute approximate surface area is 202 Å². The van der Waals surface area contributed by atoms with Crippen molar-refractivity contribution in [1.29, 1.82) is 0 Å². The molecule has 5 heteroatoms. The van der Waals surface area contributed by atoms with E-state index in [1.165, 1.54) is 11.1 Å². The average Bonchev–Trinajstić information content (AvgIpc) is 3.33. The first-order valence-electron chi connectivity index (χ1n) is 12.7. The Hall–Kier alpha value is -2.05. The molecule has 1 aromatic heterocycles. The summed E-state index contributed by atoms with van der Waals surface area (Å²) in [6, 6.07) is 3.93. The van der Waals surface area contributed by atoms with Gasteiger partial charge >= 0.3 is 0 Å². The van der Waals surface area contributed by atoms with E-state index in [0.29, 0.717) is 11.8 Å². The number of nitrogens with zero attached hydrogens (tertiary/aromatic N) is 2. The van der Waals surface area contributed by atoms with E-state index in [1.807, 2.05) is 31.3 Å². The second-order valence-corrected chi connectivity index (χ2v) is 11.5. The van der Waals surface area contributed by atoms with Crippen LogP contribution in [-0.2, 0) is 4.74 Å². The lowest BCUT2D eigenvalue weighted by Crippen LogP contribution is -2.62. The van der Waals surface area contributed by atoms with E-state index in [1.54, 1.807) is 6.20 Å². The predicted octanol–water partition coefficient (Wildman–Crippen LogP) is 3.91. The van der Waals surface area contributed by atoms with Gasteiger partial charge < -0.3 is 19.8 Å². The molecule has 2 spiro atoms. The van der Waals surface area contributed by atoms with Crippen LogP contribution in [0, 0.1) is 17.3 Å². The Bertz CT molecular complexity index is 1120. The number of hydrogen-bond acceptors (Lipinski definition) is 5. The van der Waals surface area contributed by atoms with Crippen molar-refractivity contribution in [1.82, 2.24) is 9.88 Å². The summed E-state index contributed by atoms with van der Waals surface area (Å²) in [6.07, 6.45) is 17.0. The molecule has 2 N–H and O–H groups in total. The van der Waals surface area contributed by atoms with E-state index in [4.69, 9.17) is 4.74 Å². The summed E-state index contributed by atoms with van der Waals surface area (Å²) in [7, 11) is 3.96. The van der Waals surface area contributed by atoms with Crippen molar-refractivity contribution in [3.05, 3.63) is 71.1 Å². The molecule has 1 saturated heterocycles. The van der Waals surface area contributed by atoms with Crippen LogP contribution in [0.1, 0.15) is 45.1 Å². The van der Waals surface area contributed by atoms with Crippen LogP contribution in [0.15, 0.2) is 65.5 Å². The molecular formula is C29H36N2O3. The van der Waals surface area contributed by atoms with Gasteiger partial charge in [-0.3, -0.25) is 4.98 Å². The molecule has 1 saturated carbocycles. The zero-order valence-corrected chi connectivity index (χ0v) is 20.6. The number of allylic oxidation sites excluding steroid dienone is 4. The SMILES string of the molecule is CC1C=C2C=C3[C@@H](O)[C@H](O)[C@@H](N(C)C)C[C@]34CC[C@]2(O4)C2CC=C(/C=C/c3cccnc3)[C@@]12C. The highest BCUT2D eigenvalue weighted by Crippen LogP contribution is 2.67. The summed E-state index contributed by atoms with van der Waals surface area (Å²) in [6.45, 7) is 4.72. The highest BCUT2D eigenvalue weighted by atomic mass is 16.5. The number of likely N-dealkylation sites (N-methyl/N-ethyl adjacent to an activating group) is 1. The second kappa shape index (κ2) is 7.47. The largest absolute Gasteiger partial charge is 0.388 e. The molecule has 3 aliphatic carbocycles. The lowest BCUT2D eigenvalue weighted by atomic mass is 9.55. The van der Waals surface area contributed by atoms with Crippen LogP contribution in [0.4, 0.5) is 0 Å². The Morgan fingerprint density at radius 1 is 1.21 bits per heavy atom. The zero-order valence-electron chi connectivity index (χ0n) is 20.6. The molecular weight excluding hydrogens is 424 g/mol. The Morgan fingerprint density at radius 3 is 2.76 bits per heavy atom. The van der Waals surface area contributed by atoms with Gasteiger partial charge in [-0.15, -0.1) is 0 Å². The summed E-state index contributed by atoms with van der Waals surface area (Å²) in [5.74, 6) is 0.682. The van der Waals surface area contributed by atoms with Crippen LogP contribution in [0.2, 0.25) is 0 Å². The smallest absolute Gasteiger partial charge is 0.105 e. The number of pyridine rings is 1. The van der Waals surface area contributed by atoms with Gasteiger partial charge in [-0.1, -0.05) is 50.3 Å². The zero-order chi connectivity index (χ0) is 23.9. The van der Waals surface area contributed by atoms with Crippen LogP contribution < -0.4 is 0 Å². The fraction of sp³-hybridized carbons (Fsp3) is 0.552. The monoisotopic (exact) mass is 460 g/mol. The third kappa shape index (κ3) is 2.84. The number of ether oxygens (including phenoxy) is 1. The highest BCUT2D eigenvalue weighted by Gasteiger charge is 2.68. The number of aliphatic hydroxyl groups excluding tert-OH is 2. The minimum absolute atomic E-state index is 0.0210. The van der Waals surface area contributed by atoms with E-state index in [-0.39, 0.29) is 17.1 Å². The summed E-state index contributed by atoms with van der Waals surface area (Å²) < 4.78 is 7.22. The summed E-state index contributed by atoms with van der Waals surface area (Å²) >= 11 is 0. The molecule has 0 radical (unpaired) electrons. The molecule has 2 unspecified atom stereocenters. The lowest BCUT2D eigenvalue weighted by Gasteiger charge is -2.57. The molecule has 2 aliphatic heterocycles. The van der Waals surface area contributed by atoms with Gasteiger partial charge in [0.15, 0.2) is 0 Å². The molecule has 0 aromatic carbocycles. The van der Waals surface area contributed by atoms with Crippen LogP contribution in [0.25, 0.3) is 6.08 Å². The molecule has 8 atom stereocenters. The van der Waals surface area contributed by atoms with E-state index in [9.17, 15) is 10.2 Å². The van der Waals surface area contributed by atoms with Crippen molar-refractivity contribution in [2.45, 2.75) is 69.0 Å². The normalized spacial score (nSPS) is 44.9. The molecule has 0 amide bonds. The topological polar surface area (TPSA) is 65.8 Å². The predicted molar refractivity (Wildman–Crippen MR) is 133 cm³/mol. The quantitative estimate of drug-likeness (QED) is 0.716. The first-order chi connectivity index (χ1) is 16.2. The fourth-order valence-corrected chi connectivity index (χ4v) is 7.78. The Balaban J connectivity index is 1.40. The molecule has 6 rings (SSSR count). The van der Waals surface area contributed by atoms with E-state index < -0.39 is 17.8 Å². The molecule has 180 valence electrons. The molecule has 2 bridgehead atoms. The molecule has 3 heterocycles. The number of fused-ring (bicyclic) bond motifs is 1. The third-order valence-electron chi connectivity index (χ3n) is 9.84. The standard InChI is InChI=1S/C29H36N2O3/c1-18-14-21-15-22-25(32)26(33)23(31(3)4)16-28(22)11-12-29(21,34-28)24-10-9-20(27(18,24)2)8-7-19-6-5-13-30-17-19/h5-9,13-15,17-18,23-26,32-33H,10-12,16H2,1-4H3/b8-7+/t18?,23-,24?,25+,26+,27+,28+,29+/m0/s1.